The first-order chi connectivity index (χ1) is 29.8. The number of amides is 3. The van der Waals surface area contributed by atoms with Crippen LogP contribution in [0.15, 0.2) is 62.2 Å². The Balaban J connectivity index is 0.000000299. The van der Waals surface area contributed by atoms with E-state index < -0.39 is 72.7 Å². The number of anilines is 3. The quantitative estimate of drug-likeness (QED) is 0.0325. The molecule has 0 spiro atoms. The summed E-state index contributed by atoms with van der Waals surface area (Å²) < 4.78 is 133. The second-order valence-corrected chi connectivity index (χ2v) is 19.4. The zero-order valence-electron chi connectivity index (χ0n) is 32.6. The van der Waals surface area contributed by atoms with Crippen LogP contribution in [0.2, 0.25) is 15.5 Å². The molecule has 3 aromatic heterocycles. The van der Waals surface area contributed by atoms with Gasteiger partial charge in [0.25, 0.3) is 0 Å². The van der Waals surface area contributed by atoms with Crippen LogP contribution in [0, 0.1) is 3.57 Å². The molecule has 32 heteroatoms. The van der Waals surface area contributed by atoms with Crippen LogP contribution in [0.1, 0.15) is 19.4 Å². The topological polar surface area (TPSA) is 193 Å². The van der Waals surface area contributed by atoms with Crippen LogP contribution in [0.3, 0.4) is 0 Å². The van der Waals surface area contributed by atoms with Crippen LogP contribution >= 0.6 is 103 Å². The summed E-state index contributed by atoms with van der Waals surface area (Å²) in [6.07, 6.45) is -10.6. The number of benzene rings is 1. The molecule has 0 radical (unpaired) electrons. The summed E-state index contributed by atoms with van der Waals surface area (Å²) in [5.41, 5.74) is -0.622. The van der Waals surface area contributed by atoms with E-state index in [0.717, 1.165) is 33.6 Å². The number of hydrogen-bond acceptors (Lipinski definition) is 13. The number of nitrogens with zero attached hydrogens (tertiary/aromatic N) is 4. The van der Waals surface area contributed by atoms with Crippen LogP contribution in [-0.2, 0) is 22.9 Å². The fraction of sp³-hybridized carbons (Fsp3) is 0.273. The molecule has 3 N–H and O–H groups in total. The Kier molecular flexibility index (Phi) is 21.6. The number of hydroxylamine groups is 1. The van der Waals surface area contributed by atoms with Gasteiger partial charge in [0, 0.05) is 0 Å². The Morgan fingerprint density at radius 1 is 0.769 bits per heavy atom. The molecule has 65 heavy (non-hydrogen) atoms. The number of ether oxygens (including phenoxy) is 5. The summed E-state index contributed by atoms with van der Waals surface area (Å²) >= 11 is 22.0. The number of hydrogen-bond donors (Lipinski definition) is 3. The monoisotopic (exact) mass is 1310 g/mol. The number of carbonyl (C=O) groups excluding carboxylic acids is 3. The van der Waals surface area contributed by atoms with E-state index in [1.165, 1.54) is 12.3 Å². The Morgan fingerprint density at radius 2 is 1.29 bits per heavy atom. The summed E-state index contributed by atoms with van der Waals surface area (Å²) in [4.78, 5) is 43.4. The smallest absolute Gasteiger partial charge is 0.453 e. The fourth-order valence-electron chi connectivity index (χ4n) is 4.06. The first-order valence-electron chi connectivity index (χ1n) is 16.2. The molecule has 0 fully saturated rings. The molecule has 1 aliphatic rings. The van der Waals surface area contributed by atoms with E-state index in [1.807, 2.05) is 10.6 Å². The van der Waals surface area contributed by atoms with E-state index in [2.05, 4.69) is 86.4 Å². The molecule has 4 heterocycles. The maximum Gasteiger partial charge on any atom is 0.574 e. The SMILES string of the molecule is CC1(C)OI(C(F)(F)F)c2ccccc21.COC(=O)N(O)c1cnc(Cl)c(Br)c1.COC(=O)Nc1cc(Br)c(Cl)nc1OC(F)(F)F.COC(=O)Nc1cnc(Cl)c(Br)c1OC(F)(F)F. The van der Waals surface area contributed by atoms with Crippen LogP contribution in [0.4, 0.5) is 71.0 Å². The van der Waals surface area contributed by atoms with Gasteiger partial charge in [0.15, 0.2) is 5.75 Å². The third-order valence-electron chi connectivity index (χ3n) is 6.65. The van der Waals surface area contributed by atoms with Crippen molar-refractivity contribution in [2.24, 2.45) is 0 Å². The van der Waals surface area contributed by atoms with Gasteiger partial charge in [-0.2, -0.15) is 10.0 Å². The molecular weight excluding hydrogens is 1280 g/mol. The molecule has 0 aliphatic carbocycles. The van der Waals surface area contributed by atoms with Gasteiger partial charge in [0.05, 0.1) is 52.8 Å². The molecule has 0 saturated heterocycles. The number of pyridine rings is 3. The van der Waals surface area contributed by atoms with E-state index >= 15 is 0 Å². The van der Waals surface area contributed by atoms with Gasteiger partial charge in [-0.3, -0.25) is 15.8 Å². The van der Waals surface area contributed by atoms with Gasteiger partial charge in [-0.05, 0) is 59.9 Å². The van der Waals surface area contributed by atoms with E-state index in [9.17, 15) is 59.1 Å². The largest absolute Gasteiger partial charge is 0.574 e. The van der Waals surface area contributed by atoms with Crippen molar-refractivity contribution in [2.45, 2.75) is 36.4 Å². The predicted molar refractivity (Wildman–Crippen MR) is 232 cm³/mol. The second kappa shape index (κ2) is 24.4. The predicted octanol–water partition coefficient (Wildman–Crippen LogP) is 13.7. The molecular formula is C33H26Br3Cl3F9IN6O10. The molecule has 1 aliphatic heterocycles. The van der Waals surface area contributed by atoms with Gasteiger partial charge in [-0.15, -0.1) is 26.3 Å². The van der Waals surface area contributed by atoms with E-state index in [4.69, 9.17) is 37.9 Å². The number of halogens is 16. The maximum absolute atomic E-state index is 12.7. The zero-order valence-corrected chi connectivity index (χ0v) is 41.8. The number of nitrogens with one attached hydrogen (secondary N) is 2. The van der Waals surface area contributed by atoms with Gasteiger partial charge in [0.2, 0.25) is 5.88 Å². The van der Waals surface area contributed by atoms with Gasteiger partial charge in [-0.25, -0.2) is 24.4 Å². The van der Waals surface area contributed by atoms with E-state index in [0.29, 0.717) is 18.7 Å². The van der Waals surface area contributed by atoms with Crippen molar-refractivity contribution >= 4 is 138 Å². The molecule has 1 aromatic carbocycles. The summed E-state index contributed by atoms with van der Waals surface area (Å²) in [5.74, 6) is -1.60. The summed E-state index contributed by atoms with van der Waals surface area (Å²) in [7, 11) is 3.26. The van der Waals surface area contributed by atoms with Crippen LogP contribution in [0.5, 0.6) is 11.6 Å². The molecule has 360 valence electrons. The Labute approximate surface area is 407 Å². The van der Waals surface area contributed by atoms with Crippen LogP contribution < -0.4 is 25.2 Å². The number of alkyl halides is 10. The van der Waals surface area contributed by atoms with Crippen LogP contribution in [-0.4, -0.2) is 76.7 Å². The van der Waals surface area contributed by atoms with Gasteiger partial charge in [-0.1, -0.05) is 34.8 Å². The average Bonchev–Trinajstić information content (AvgIpc) is 3.50. The number of rotatable bonds is 5. The normalized spacial score (nSPS) is 13.2. The van der Waals surface area contributed by atoms with Crippen molar-refractivity contribution in [3.63, 3.8) is 0 Å². The Hall–Kier alpha value is -3.59. The second-order valence-electron chi connectivity index (χ2n) is 11.5. The van der Waals surface area contributed by atoms with Crippen molar-refractivity contribution in [2.75, 3.05) is 37.0 Å². The first-order valence-corrected chi connectivity index (χ1v) is 22.8. The minimum absolute atomic E-state index is 0.160. The Bertz CT molecular complexity index is 2310. The van der Waals surface area contributed by atoms with Crippen molar-refractivity contribution in [3.8, 4) is 11.6 Å². The molecule has 0 bridgehead atoms. The van der Waals surface area contributed by atoms with E-state index in [-0.39, 0.29) is 41.5 Å². The zero-order chi connectivity index (χ0) is 49.8. The maximum atomic E-state index is 12.7. The van der Waals surface area contributed by atoms with Crippen molar-refractivity contribution in [3.05, 3.63) is 86.8 Å². The molecule has 4 aromatic rings. The average molecular weight is 1310 g/mol. The third-order valence-corrected chi connectivity index (χ3v) is 14.8. The molecule has 0 saturated carbocycles. The number of carbonyl (C=O) groups is 3. The fourth-order valence-corrected chi connectivity index (χ4v) is 9.85. The molecule has 0 atom stereocenters. The molecule has 16 nitrogen and oxygen atoms in total. The Morgan fingerprint density at radius 3 is 1.80 bits per heavy atom. The first kappa shape index (κ1) is 57.5. The van der Waals surface area contributed by atoms with Crippen molar-refractivity contribution in [1.29, 1.82) is 0 Å². The standard InChI is InChI=1S/C10H10F3IO.2C8H5BrClF3N2O3.C7H6BrClN2O3/c1-9(2)7-5-3-4-6-8(7)14(15-9)10(11,12)13;1-17-7(16)15-3-2-14-6(10)4(9)5(3)18-8(11,12)13;1-17-7(16)14-4-2-3(9)5(10)15-6(4)18-8(11,12)13;1-14-7(12)11(13)4-2-5(8)6(9)10-3-4/h3-6H,1-2H3;2H,1H3,(H,15,16);2H,1H3,(H,14,16);2-3,13H,1H3. The third kappa shape index (κ3) is 18.2. The summed E-state index contributed by atoms with van der Waals surface area (Å²) in [6.45, 7) is 3.38. The summed E-state index contributed by atoms with van der Waals surface area (Å²) in [6, 6.07) is 9.19. The minimum atomic E-state index is -4.96. The summed E-state index contributed by atoms with van der Waals surface area (Å²) in [5, 5.41) is 13.4. The molecule has 5 rings (SSSR count). The van der Waals surface area contributed by atoms with Crippen molar-refractivity contribution < 1.29 is 85.9 Å². The minimum Gasteiger partial charge on any atom is -0.453 e. The molecule has 0 unspecified atom stereocenters. The van der Waals surface area contributed by atoms with Crippen LogP contribution in [0.25, 0.3) is 0 Å². The van der Waals surface area contributed by atoms with Crippen molar-refractivity contribution in [1.82, 2.24) is 15.0 Å². The van der Waals surface area contributed by atoms with Gasteiger partial charge in [0.1, 0.15) is 26.8 Å². The van der Waals surface area contributed by atoms with Gasteiger partial charge >= 0.3 is 125 Å². The van der Waals surface area contributed by atoms with Gasteiger partial charge < -0.3 is 23.7 Å². The number of fused-ring (bicyclic) bond motifs is 1. The molecule has 3 amide bonds. The van der Waals surface area contributed by atoms with E-state index in [1.54, 1.807) is 38.1 Å². The number of methoxy groups -OCH3 is 3. The number of aromatic nitrogens is 3.